The molecule has 24 heavy (non-hydrogen) atoms. The van der Waals surface area contributed by atoms with Gasteiger partial charge in [-0.3, -0.25) is 9.59 Å². The van der Waals surface area contributed by atoms with Crippen molar-refractivity contribution in [1.29, 1.82) is 0 Å². The predicted octanol–water partition coefficient (Wildman–Crippen LogP) is 2.49. The first-order valence-corrected chi connectivity index (χ1v) is 9.04. The molecule has 1 fully saturated rings. The summed E-state index contributed by atoms with van der Waals surface area (Å²) in [5.74, 6) is -0.804. The number of thioether (sulfide) groups is 1. The van der Waals surface area contributed by atoms with Crippen molar-refractivity contribution in [3.8, 4) is 0 Å². The van der Waals surface area contributed by atoms with E-state index in [-0.39, 0.29) is 24.8 Å². The Bertz CT molecular complexity index is 656. The molecule has 0 bridgehead atoms. The van der Waals surface area contributed by atoms with Gasteiger partial charge in [-0.05, 0) is 25.1 Å². The average molecular weight is 391 g/mol. The summed E-state index contributed by atoms with van der Waals surface area (Å²) in [6.07, 6.45) is -0.0228. The van der Waals surface area contributed by atoms with Gasteiger partial charge in [0.2, 0.25) is 11.8 Å². The SMILES string of the molecule is CCOC(=O)[C@H]1CS[C@H](CC(=O)Nc2ccc(Cl)cc2Cl)C(=O)N1. The van der Waals surface area contributed by atoms with Crippen LogP contribution in [0.3, 0.4) is 0 Å². The second-order valence-corrected chi connectivity index (χ2v) is 7.09. The topological polar surface area (TPSA) is 84.5 Å². The number of halogens is 2. The third-order valence-electron chi connectivity index (χ3n) is 3.22. The van der Waals surface area contributed by atoms with Crippen molar-refractivity contribution >= 4 is 58.4 Å². The van der Waals surface area contributed by atoms with Gasteiger partial charge in [0.1, 0.15) is 6.04 Å². The maximum Gasteiger partial charge on any atom is 0.329 e. The molecule has 130 valence electrons. The molecule has 1 aliphatic rings. The lowest BCUT2D eigenvalue weighted by Gasteiger charge is -2.27. The third kappa shape index (κ3) is 5.03. The molecule has 2 N–H and O–H groups in total. The average Bonchev–Trinajstić information content (AvgIpc) is 2.52. The van der Waals surface area contributed by atoms with Crippen LogP contribution in [-0.2, 0) is 19.1 Å². The molecule has 0 radical (unpaired) electrons. The third-order valence-corrected chi connectivity index (χ3v) is 5.08. The number of carbonyl (C=O) groups is 3. The fourth-order valence-electron chi connectivity index (χ4n) is 2.08. The van der Waals surface area contributed by atoms with Gasteiger partial charge in [-0.15, -0.1) is 11.8 Å². The van der Waals surface area contributed by atoms with E-state index in [2.05, 4.69) is 10.6 Å². The molecule has 2 atom stereocenters. The van der Waals surface area contributed by atoms with E-state index in [0.717, 1.165) is 0 Å². The molecular weight excluding hydrogens is 375 g/mol. The number of anilines is 1. The molecule has 2 rings (SSSR count). The number of rotatable bonds is 5. The summed E-state index contributed by atoms with van der Waals surface area (Å²) in [5.41, 5.74) is 0.427. The molecule has 1 aliphatic heterocycles. The summed E-state index contributed by atoms with van der Waals surface area (Å²) in [5, 5.41) is 5.44. The highest BCUT2D eigenvalue weighted by Gasteiger charge is 2.34. The van der Waals surface area contributed by atoms with E-state index in [1.165, 1.54) is 17.8 Å². The van der Waals surface area contributed by atoms with Crippen LogP contribution in [0.1, 0.15) is 13.3 Å². The lowest BCUT2D eigenvalue weighted by molar-refractivity contribution is -0.146. The second kappa shape index (κ2) is 8.60. The van der Waals surface area contributed by atoms with Crippen LogP contribution in [0.2, 0.25) is 10.0 Å². The monoisotopic (exact) mass is 390 g/mol. The molecule has 0 spiro atoms. The minimum atomic E-state index is -0.674. The lowest BCUT2D eigenvalue weighted by atomic mass is 10.2. The van der Waals surface area contributed by atoms with Gasteiger partial charge in [0, 0.05) is 17.2 Å². The highest BCUT2D eigenvalue weighted by atomic mass is 35.5. The number of amides is 2. The van der Waals surface area contributed by atoms with Gasteiger partial charge in [0.25, 0.3) is 0 Å². The number of ether oxygens (including phenoxy) is 1. The Balaban J connectivity index is 1.89. The summed E-state index contributed by atoms with van der Waals surface area (Å²) in [6, 6.07) is 4.04. The quantitative estimate of drug-likeness (QED) is 0.754. The molecule has 1 heterocycles. The zero-order valence-electron chi connectivity index (χ0n) is 12.8. The summed E-state index contributed by atoms with van der Waals surface area (Å²) in [6.45, 7) is 1.95. The van der Waals surface area contributed by atoms with E-state index in [1.807, 2.05) is 0 Å². The fraction of sp³-hybridized carbons (Fsp3) is 0.400. The van der Waals surface area contributed by atoms with Crippen molar-refractivity contribution in [3.05, 3.63) is 28.2 Å². The van der Waals surface area contributed by atoms with Crippen molar-refractivity contribution in [1.82, 2.24) is 5.32 Å². The fourth-order valence-corrected chi connectivity index (χ4v) is 3.66. The number of benzene rings is 1. The Morgan fingerprint density at radius 3 is 2.79 bits per heavy atom. The molecule has 0 saturated carbocycles. The highest BCUT2D eigenvalue weighted by molar-refractivity contribution is 8.00. The highest BCUT2D eigenvalue weighted by Crippen LogP contribution is 2.27. The number of nitrogens with one attached hydrogen (secondary N) is 2. The molecule has 0 unspecified atom stereocenters. The molecule has 1 saturated heterocycles. The first-order valence-electron chi connectivity index (χ1n) is 7.24. The molecule has 0 aromatic heterocycles. The minimum Gasteiger partial charge on any atom is -0.464 e. The van der Waals surface area contributed by atoms with Crippen molar-refractivity contribution in [3.63, 3.8) is 0 Å². The van der Waals surface area contributed by atoms with E-state index in [9.17, 15) is 14.4 Å². The van der Waals surface area contributed by atoms with E-state index >= 15 is 0 Å². The Labute approximate surface area is 153 Å². The zero-order valence-corrected chi connectivity index (χ0v) is 15.1. The van der Waals surface area contributed by atoms with Crippen LogP contribution in [0.25, 0.3) is 0 Å². The smallest absolute Gasteiger partial charge is 0.329 e. The minimum absolute atomic E-state index is 0.0228. The van der Waals surface area contributed by atoms with Crippen LogP contribution < -0.4 is 10.6 Å². The van der Waals surface area contributed by atoms with Crippen molar-refractivity contribution in [2.24, 2.45) is 0 Å². The Kier molecular flexibility index (Phi) is 6.77. The zero-order chi connectivity index (χ0) is 17.7. The van der Waals surface area contributed by atoms with E-state index in [4.69, 9.17) is 27.9 Å². The molecule has 2 amide bonds. The Morgan fingerprint density at radius 2 is 2.17 bits per heavy atom. The summed E-state index contributed by atoms with van der Waals surface area (Å²) < 4.78 is 4.88. The number of hydrogen-bond donors (Lipinski definition) is 2. The van der Waals surface area contributed by atoms with Gasteiger partial charge >= 0.3 is 5.97 Å². The van der Waals surface area contributed by atoms with Crippen molar-refractivity contribution < 1.29 is 19.1 Å². The Hall–Kier alpha value is -1.44. The first kappa shape index (κ1) is 18.9. The molecule has 6 nitrogen and oxygen atoms in total. The summed E-state index contributed by atoms with van der Waals surface area (Å²) >= 11 is 13.0. The van der Waals surface area contributed by atoms with E-state index in [0.29, 0.717) is 21.5 Å². The van der Waals surface area contributed by atoms with Gasteiger partial charge in [0.05, 0.1) is 22.6 Å². The lowest BCUT2D eigenvalue weighted by Crippen LogP contribution is -2.51. The maximum absolute atomic E-state index is 12.1. The number of esters is 1. The molecule has 0 aliphatic carbocycles. The molecule has 1 aromatic carbocycles. The van der Waals surface area contributed by atoms with Crippen molar-refractivity contribution in [2.75, 3.05) is 17.7 Å². The van der Waals surface area contributed by atoms with Gasteiger partial charge in [-0.25, -0.2) is 4.79 Å². The van der Waals surface area contributed by atoms with E-state index < -0.39 is 17.3 Å². The van der Waals surface area contributed by atoms with Crippen LogP contribution in [0, 0.1) is 0 Å². The molecule has 1 aromatic rings. The molecular formula is C15H16Cl2N2O4S. The Morgan fingerprint density at radius 1 is 1.42 bits per heavy atom. The van der Waals surface area contributed by atoms with Gasteiger partial charge in [-0.1, -0.05) is 23.2 Å². The first-order chi connectivity index (χ1) is 11.4. The van der Waals surface area contributed by atoms with Crippen LogP contribution in [0.4, 0.5) is 5.69 Å². The number of carbonyl (C=O) groups excluding carboxylic acids is 3. The second-order valence-electron chi connectivity index (χ2n) is 5.01. The predicted molar refractivity (Wildman–Crippen MR) is 94.5 cm³/mol. The summed E-state index contributed by atoms with van der Waals surface area (Å²) in [4.78, 5) is 35.8. The van der Waals surface area contributed by atoms with Gasteiger partial charge in [0.15, 0.2) is 0 Å². The molecule has 9 heteroatoms. The maximum atomic E-state index is 12.1. The number of hydrogen-bond acceptors (Lipinski definition) is 5. The largest absolute Gasteiger partial charge is 0.464 e. The summed E-state index contributed by atoms with van der Waals surface area (Å²) in [7, 11) is 0. The van der Waals surface area contributed by atoms with Gasteiger partial charge in [-0.2, -0.15) is 0 Å². The van der Waals surface area contributed by atoms with Crippen LogP contribution >= 0.6 is 35.0 Å². The van der Waals surface area contributed by atoms with Gasteiger partial charge < -0.3 is 15.4 Å². The van der Waals surface area contributed by atoms with Crippen LogP contribution in [0.5, 0.6) is 0 Å². The van der Waals surface area contributed by atoms with Crippen molar-refractivity contribution in [2.45, 2.75) is 24.6 Å². The normalized spacial score (nSPS) is 20.2. The standard InChI is InChI=1S/C15H16Cl2N2O4S/c1-2-23-15(22)11-7-24-12(14(21)19-11)6-13(20)18-10-4-3-8(16)5-9(10)17/h3-5,11-12H,2,6-7H2,1H3,(H,18,20)(H,19,21)/t11-,12-/m1/s1. The van der Waals surface area contributed by atoms with Crippen LogP contribution in [-0.4, -0.2) is 41.4 Å². The van der Waals surface area contributed by atoms with Crippen LogP contribution in [0.15, 0.2) is 18.2 Å². The van der Waals surface area contributed by atoms with E-state index in [1.54, 1.807) is 19.1 Å².